The van der Waals surface area contributed by atoms with E-state index in [2.05, 4.69) is 17.1 Å². The molecule has 0 radical (unpaired) electrons. The Hall–Kier alpha value is -1.10. The Kier molecular flexibility index (Phi) is 9.33. The van der Waals surface area contributed by atoms with Crippen molar-refractivity contribution in [1.82, 2.24) is 4.90 Å². The topological polar surface area (TPSA) is 63.8 Å². The molecule has 1 atom stereocenters. The van der Waals surface area contributed by atoms with E-state index >= 15 is 0 Å². The second-order valence-corrected chi connectivity index (χ2v) is 5.80. The first-order chi connectivity index (χ1) is 9.63. The van der Waals surface area contributed by atoms with Crippen molar-refractivity contribution in [2.45, 2.75) is 52.5 Å². The number of carbonyl (C=O) groups is 1. The van der Waals surface area contributed by atoms with Crippen molar-refractivity contribution in [2.24, 2.45) is 0 Å². The molecule has 1 aliphatic rings. The van der Waals surface area contributed by atoms with Crippen LogP contribution in [0.3, 0.4) is 0 Å². The van der Waals surface area contributed by atoms with Gasteiger partial charge in [-0.25, -0.2) is 0 Å². The first kappa shape index (κ1) is 20.9. The summed E-state index contributed by atoms with van der Waals surface area (Å²) in [7, 11) is 0. The predicted octanol–water partition coefficient (Wildman–Crippen LogP) is -0.314. The van der Waals surface area contributed by atoms with Gasteiger partial charge in [-0.3, -0.25) is 9.69 Å². The summed E-state index contributed by atoms with van der Waals surface area (Å²) >= 11 is 0. The van der Waals surface area contributed by atoms with E-state index in [1.54, 1.807) is 0 Å². The number of likely N-dealkylation sites (tertiary alicyclic amines) is 1. The molecule has 1 aliphatic heterocycles. The Balaban J connectivity index is 0.00000220. The lowest BCUT2D eigenvalue weighted by Crippen LogP contribution is -3.00. The van der Waals surface area contributed by atoms with E-state index in [0.29, 0.717) is 0 Å². The molecule has 0 bridgehead atoms. The van der Waals surface area contributed by atoms with Gasteiger partial charge in [-0.2, -0.15) is 0 Å². The van der Waals surface area contributed by atoms with E-state index < -0.39 is 0 Å². The number of carbonyl (C=O) groups excluding carboxylic acids is 1. The maximum Gasteiger partial charge on any atom is 0.241 e. The van der Waals surface area contributed by atoms with Crippen molar-refractivity contribution in [3.05, 3.63) is 29.3 Å². The Bertz CT molecular complexity index is 457. The summed E-state index contributed by atoms with van der Waals surface area (Å²) < 4.78 is 0. The number of nitrogens with zero attached hydrogens (tertiary/aromatic N) is 1. The van der Waals surface area contributed by atoms with Gasteiger partial charge in [0.15, 0.2) is 0 Å². The normalized spacial score (nSPS) is 18.0. The number of halogens is 1. The summed E-state index contributed by atoms with van der Waals surface area (Å²) in [6.45, 7) is 8.35. The van der Waals surface area contributed by atoms with Gasteiger partial charge < -0.3 is 23.2 Å². The zero-order chi connectivity index (χ0) is 14.5. The number of para-hydroxylation sites is 1. The fourth-order valence-corrected chi connectivity index (χ4v) is 3.06. The van der Waals surface area contributed by atoms with E-state index in [1.807, 2.05) is 32.0 Å². The standard InChI is InChI=1S/C17H26N2O.ClH.H2O/c1-4-11-19-12-6-5-10-15(19)17(20)18-16-13(2)8-7-9-14(16)3;;/h7-9,15H,4-6,10-12H2,1-3H3,(H,18,20);1H;1H2/p-1/t15-;;/m0../s1. The molecular formula is C17H28ClN2O2-. The highest BCUT2D eigenvalue weighted by atomic mass is 35.5. The molecule has 4 nitrogen and oxygen atoms in total. The number of piperidine rings is 1. The molecule has 1 aromatic carbocycles. The fourth-order valence-electron chi connectivity index (χ4n) is 3.06. The molecule has 0 aromatic heterocycles. The van der Waals surface area contributed by atoms with Gasteiger partial charge in [-0.15, -0.1) is 0 Å². The van der Waals surface area contributed by atoms with E-state index in [0.717, 1.165) is 49.2 Å². The van der Waals surface area contributed by atoms with Crippen LogP contribution in [0.1, 0.15) is 43.7 Å². The van der Waals surface area contributed by atoms with Crippen LogP contribution in [0.25, 0.3) is 0 Å². The lowest BCUT2D eigenvalue weighted by Gasteiger charge is -2.34. The summed E-state index contributed by atoms with van der Waals surface area (Å²) in [5, 5.41) is 3.16. The summed E-state index contributed by atoms with van der Waals surface area (Å²) in [5.74, 6) is 0.163. The average molecular weight is 328 g/mol. The van der Waals surface area contributed by atoms with Crippen molar-refractivity contribution in [1.29, 1.82) is 0 Å². The SMILES string of the molecule is CCCN1CCCC[C@H]1C(=O)Nc1c(C)cccc1C.O.[Cl-]. The molecule has 1 amide bonds. The van der Waals surface area contributed by atoms with Gasteiger partial charge in [-0.1, -0.05) is 31.5 Å². The maximum absolute atomic E-state index is 12.6. The van der Waals surface area contributed by atoms with Crippen molar-refractivity contribution in [3.63, 3.8) is 0 Å². The van der Waals surface area contributed by atoms with Crippen molar-refractivity contribution < 1.29 is 22.7 Å². The Morgan fingerprint density at radius 3 is 2.50 bits per heavy atom. The molecule has 22 heavy (non-hydrogen) atoms. The molecule has 0 unspecified atom stereocenters. The third-order valence-corrected chi connectivity index (χ3v) is 4.16. The zero-order valence-corrected chi connectivity index (χ0v) is 14.5. The van der Waals surface area contributed by atoms with Crippen LogP contribution in [0.4, 0.5) is 5.69 Å². The van der Waals surface area contributed by atoms with E-state index in [9.17, 15) is 4.79 Å². The van der Waals surface area contributed by atoms with Crippen LogP contribution in [0.5, 0.6) is 0 Å². The van der Waals surface area contributed by atoms with Gasteiger partial charge in [0, 0.05) is 5.69 Å². The van der Waals surface area contributed by atoms with Crippen molar-refractivity contribution in [2.75, 3.05) is 18.4 Å². The minimum Gasteiger partial charge on any atom is -1.00 e. The van der Waals surface area contributed by atoms with Gasteiger partial charge in [0.2, 0.25) is 5.91 Å². The van der Waals surface area contributed by atoms with E-state index in [1.165, 1.54) is 6.42 Å². The van der Waals surface area contributed by atoms with Gasteiger partial charge >= 0.3 is 0 Å². The van der Waals surface area contributed by atoms with E-state index in [4.69, 9.17) is 0 Å². The first-order valence-electron chi connectivity index (χ1n) is 7.74. The zero-order valence-electron chi connectivity index (χ0n) is 13.8. The molecule has 1 heterocycles. The molecule has 1 fully saturated rings. The summed E-state index contributed by atoms with van der Waals surface area (Å²) in [5.41, 5.74) is 3.26. The quantitative estimate of drug-likeness (QED) is 0.824. The Morgan fingerprint density at radius 1 is 1.27 bits per heavy atom. The summed E-state index contributed by atoms with van der Waals surface area (Å²) in [6, 6.07) is 6.17. The smallest absolute Gasteiger partial charge is 0.241 e. The predicted molar refractivity (Wildman–Crippen MR) is 87.7 cm³/mol. The van der Waals surface area contributed by atoms with Crippen LogP contribution in [0, 0.1) is 13.8 Å². The van der Waals surface area contributed by atoms with Gasteiger partial charge in [0.1, 0.15) is 0 Å². The first-order valence-corrected chi connectivity index (χ1v) is 7.74. The highest BCUT2D eigenvalue weighted by molar-refractivity contribution is 5.96. The Morgan fingerprint density at radius 2 is 1.91 bits per heavy atom. The molecule has 1 saturated heterocycles. The van der Waals surface area contributed by atoms with Crippen LogP contribution < -0.4 is 17.7 Å². The average Bonchev–Trinajstić information content (AvgIpc) is 2.44. The van der Waals surface area contributed by atoms with Crippen LogP contribution in [0.15, 0.2) is 18.2 Å². The lowest BCUT2D eigenvalue weighted by atomic mass is 10.0. The molecular weight excluding hydrogens is 300 g/mol. The third-order valence-electron chi connectivity index (χ3n) is 4.16. The monoisotopic (exact) mass is 327 g/mol. The molecule has 2 rings (SSSR count). The Labute approximate surface area is 140 Å². The second kappa shape index (κ2) is 9.82. The molecule has 0 aliphatic carbocycles. The lowest BCUT2D eigenvalue weighted by molar-refractivity contribution is -0.122. The summed E-state index contributed by atoms with van der Waals surface area (Å²) in [4.78, 5) is 14.9. The minimum atomic E-state index is 0. The number of aryl methyl sites for hydroxylation is 2. The van der Waals surface area contributed by atoms with Gasteiger partial charge in [-0.05, 0) is 57.3 Å². The third kappa shape index (κ3) is 4.97. The molecule has 1 aromatic rings. The number of benzene rings is 1. The molecule has 126 valence electrons. The molecule has 5 heteroatoms. The number of nitrogens with one attached hydrogen (secondary N) is 1. The van der Waals surface area contributed by atoms with Crippen LogP contribution in [0.2, 0.25) is 0 Å². The number of hydrogen-bond acceptors (Lipinski definition) is 2. The van der Waals surface area contributed by atoms with E-state index in [-0.39, 0.29) is 29.8 Å². The molecule has 3 N–H and O–H groups in total. The molecule has 0 spiro atoms. The fraction of sp³-hybridized carbons (Fsp3) is 0.588. The van der Waals surface area contributed by atoms with Crippen LogP contribution in [-0.2, 0) is 4.79 Å². The number of rotatable bonds is 4. The highest BCUT2D eigenvalue weighted by Crippen LogP contribution is 2.23. The van der Waals surface area contributed by atoms with Crippen molar-refractivity contribution in [3.8, 4) is 0 Å². The number of hydrogen-bond donors (Lipinski definition) is 1. The van der Waals surface area contributed by atoms with Gasteiger partial charge in [0.05, 0.1) is 6.04 Å². The molecule has 0 saturated carbocycles. The van der Waals surface area contributed by atoms with Crippen molar-refractivity contribution >= 4 is 11.6 Å². The number of anilines is 1. The maximum atomic E-state index is 12.6. The highest BCUT2D eigenvalue weighted by Gasteiger charge is 2.28. The summed E-state index contributed by atoms with van der Waals surface area (Å²) in [6.07, 6.45) is 4.46. The largest absolute Gasteiger partial charge is 1.00 e. The van der Waals surface area contributed by atoms with Gasteiger partial charge in [0.25, 0.3) is 0 Å². The number of amides is 1. The minimum absolute atomic E-state index is 0. The van der Waals surface area contributed by atoms with Crippen LogP contribution in [-0.4, -0.2) is 35.4 Å². The second-order valence-electron chi connectivity index (χ2n) is 5.80. The van der Waals surface area contributed by atoms with Crippen LogP contribution >= 0.6 is 0 Å².